The molecule has 2 rings (SSSR count). The van der Waals surface area contributed by atoms with Crippen molar-refractivity contribution in [3.63, 3.8) is 0 Å². The van der Waals surface area contributed by atoms with Gasteiger partial charge in [0.15, 0.2) is 0 Å². The van der Waals surface area contributed by atoms with Crippen molar-refractivity contribution in [2.24, 2.45) is 5.41 Å². The maximum Gasteiger partial charge on any atom is 0.314 e. The van der Waals surface area contributed by atoms with Gasteiger partial charge in [-0.2, -0.15) is 0 Å². The zero-order valence-electron chi connectivity index (χ0n) is 9.38. The highest BCUT2D eigenvalue weighted by Gasteiger charge is 2.59. The van der Waals surface area contributed by atoms with E-state index >= 15 is 0 Å². The number of hydrogen-bond donors (Lipinski definition) is 0. The minimum atomic E-state index is -0.255. The lowest BCUT2D eigenvalue weighted by atomic mass is 9.88. The SMILES string of the molecule is CCOC(=O)C1(C)CCCC12SCCS2. The molecule has 4 heteroatoms. The molecule has 0 bridgehead atoms. The van der Waals surface area contributed by atoms with Crippen LogP contribution in [0.25, 0.3) is 0 Å². The maximum atomic E-state index is 12.1. The zero-order valence-corrected chi connectivity index (χ0v) is 11.0. The molecule has 2 aliphatic rings. The van der Waals surface area contributed by atoms with Gasteiger partial charge in [0.1, 0.15) is 0 Å². The lowest BCUT2D eigenvalue weighted by Gasteiger charge is -2.37. The van der Waals surface area contributed by atoms with E-state index in [0.717, 1.165) is 19.3 Å². The van der Waals surface area contributed by atoms with Crippen LogP contribution in [-0.2, 0) is 9.53 Å². The van der Waals surface area contributed by atoms with E-state index in [9.17, 15) is 4.79 Å². The molecule has 0 radical (unpaired) electrons. The minimum absolute atomic E-state index is 0.0180. The van der Waals surface area contributed by atoms with Gasteiger partial charge in [-0.15, -0.1) is 23.5 Å². The summed E-state index contributed by atoms with van der Waals surface area (Å²) in [5.41, 5.74) is -0.255. The quantitative estimate of drug-likeness (QED) is 0.700. The van der Waals surface area contributed by atoms with Crippen molar-refractivity contribution in [1.29, 1.82) is 0 Å². The zero-order chi connectivity index (χ0) is 10.9. The molecule has 1 heterocycles. The van der Waals surface area contributed by atoms with Crippen LogP contribution < -0.4 is 0 Å². The van der Waals surface area contributed by atoms with E-state index in [-0.39, 0.29) is 15.5 Å². The fraction of sp³-hybridized carbons (Fsp3) is 0.909. The Morgan fingerprint density at radius 2 is 2.00 bits per heavy atom. The number of esters is 1. The monoisotopic (exact) mass is 246 g/mol. The predicted octanol–water partition coefficient (Wildman–Crippen LogP) is 2.92. The Morgan fingerprint density at radius 3 is 2.60 bits per heavy atom. The van der Waals surface area contributed by atoms with Crippen LogP contribution in [0.2, 0.25) is 0 Å². The molecule has 0 N–H and O–H groups in total. The molecule has 1 atom stereocenters. The second kappa shape index (κ2) is 4.21. The average Bonchev–Trinajstić information content (AvgIpc) is 2.79. The molecule has 0 aromatic rings. The van der Waals surface area contributed by atoms with Gasteiger partial charge >= 0.3 is 5.97 Å². The van der Waals surface area contributed by atoms with Crippen LogP contribution in [0.4, 0.5) is 0 Å². The fourth-order valence-corrected chi connectivity index (χ4v) is 6.35. The van der Waals surface area contributed by atoms with Gasteiger partial charge in [0.05, 0.1) is 16.1 Å². The molecule has 0 aromatic heterocycles. The maximum absolute atomic E-state index is 12.1. The second-order valence-electron chi connectivity index (χ2n) is 4.36. The smallest absolute Gasteiger partial charge is 0.314 e. The van der Waals surface area contributed by atoms with Gasteiger partial charge in [0.25, 0.3) is 0 Å². The van der Waals surface area contributed by atoms with Crippen LogP contribution in [-0.4, -0.2) is 28.2 Å². The third-order valence-electron chi connectivity index (χ3n) is 3.50. The molecular weight excluding hydrogens is 228 g/mol. The molecule has 1 saturated carbocycles. The van der Waals surface area contributed by atoms with Crippen molar-refractivity contribution in [2.45, 2.75) is 37.2 Å². The number of rotatable bonds is 2. The molecular formula is C11H18O2S2. The van der Waals surface area contributed by atoms with Crippen LogP contribution in [0.3, 0.4) is 0 Å². The summed E-state index contributed by atoms with van der Waals surface area (Å²) in [7, 11) is 0. The molecule has 1 unspecified atom stereocenters. The third kappa shape index (κ3) is 1.70. The number of thioether (sulfide) groups is 2. The normalized spacial score (nSPS) is 33.5. The Labute approximate surface area is 99.9 Å². The summed E-state index contributed by atoms with van der Waals surface area (Å²) in [4.78, 5) is 12.1. The first-order valence-electron chi connectivity index (χ1n) is 5.60. The van der Waals surface area contributed by atoms with E-state index in [1.54, 1.807) is 0 Å². The predicted molar refractivity (Wildman–Crippen MR) is 66.2 cm³/mol. The Kier molecular flexibility index (Phi) is 3.27. The largest absolute Gasteiger partial charge is 0.466 e. The number of carbonyl (C=O) groups excluding carboxylic acids is 1. The lowest BCUT2D eigenvalue weighted by Crippen LogP contribution is -2.42. The second-order valence-corrected chi connectivity index (χ2v) is 7.40. The topological polar surface area (TPSA) is 26.3 Å². The molecule has 1 aliphatic heterocycles. The van der Waals surface area contributed by atoms with Crippen LogP contribution in [0.1, 0.15) is 33.1 Å². The Hall–Kier alpha value is 0.170. The summed E-state index contributed by atoms with van der Waals surface area (Å²) < 4.78 is 5.37. The molecule has 1 aliphatic carbocycles. The van der Waals surface area contributed by atoms with E-state index in [1.807, 2.05) is 30.4 Å². The Morgan fingerprint density at radius 1 is 1.33 bits per heavy atom. The molecule has 1 spiro atoms. The van der Waals surface area contributed by atoms with Gasteiger partial charge in [-0.3, -0.25) is 4.79 Å². The summed E-state index contributed by atoms with van der Waals surface area (Å²) in [6, 6.07) is 0. The summed E-state index contributed by atoms with van der Waals surface area (Å²) in [6.07, 6.45) is 3.32. The minimum Gasteiger partial charge on any atom is -0.466 e. The van der Waals surface area contributed by atoms with E-state index in [1.165, 1.54) is 11.5 Å². The highest BCUT2D eigenvalue weighted by atomic mass is 32.2. The van der Waals surface area contributed by atoms with E-state index in [0.29, 0.717) is 6.61 Å². The van der Waals surface area contributed by atoms with Crippen LogP contribution >= 0.6 is 23.5 Å². The van der Waals surface area contributed by atoms with E-state index in [2.05, 4.69) is 6.92 Å². The molecule has 15 heavy (non-hydrogen) atoms. The van der Waals surface area contributed by atoms with Crippen molar-refractivity contribution in [1.82, 2.24) is 0 Å². The van der Waals surface area contributed by atoms with Crippen molar-refractivity contribution < 1.29 is 9.53 Å². The summed E-state index contributed by atoms with van der Waals surface area (Å²) in [6.45, 7) is 4.49. The molecule has 0 aromatic carbocycles. The fourth-order valence-electron chi connectivity index (χ4n) is 2.61. The number of ether oxygens (including phenoxy) is 1. The highest BCUT2D eigenvalue weighted by Crippen LogP contribution is 2.63. The number of carbonyl (C=O) groups is 1. The van der Waals surface area contributed by atoms with Crippen LogP contribution in [0.5, 0.6) is 0 Å². The first-order chi connectivity index (χ1) is 7.15. The van der Waals surface area contributed by atoms with Crippen molar-refractivity contribution in [3.05, 3.63) is 0 Å². The highest BCUT2D eigenvalue weighted by molar-refractivity contribution is 8.21. The summed E-state index contributed by atoms with van der Waals surface area (Å²) in [5.74, 6) is 2.38. The van der Waals surface area contributed by atoms with Gasteiger partial charge < -0.3 is 4.74 Å². The first-order valence-corrected chi connectivity index (χ1v) is 7.57. The van der Waals surface area contributed by atoms with Crippen molar-refractivity contribution in [2.75, 3.05) is 18.1 Å². The molecule has 1 saturated heterocycles. The average molecular weight is 246 g/mol. The third-order valence-corrected chi connectivity index (χ3v) is 7.53. The van der Waals surface area contributed by atoms with Gasteiger partial charge in [0, 0.05) is 11.5 Å². The van der Waals surface area contributed by atoms with E-state index in [4.69, 9.17) is 4.74 Å². The number of hydrogen-bond acceptors (Lipinski definition) is 4. The van der Waals surface area contributed by atoms with E-state index < -0.39 is 0 Å². The van der Waals surface area contributed by atoms with Crippen molar-refractivity contribution in [3.8, 4) is 0 Å². The van der Waals surface area contributed by atoms with Crippen LogP contribution in [0, 0.1) is 5.41 Å². The summed E-state index contributed by atoms with van der Waals surface area (Å²) in [5, 5.41) is 0. The lowest BCUT2D eigenvalue weighted by molar-refractivity contribution is -0.154. The standard InChI is InChI=1S/C11H18O2S2/c1-3-13-9(12)10(2)5-4-6-11(10)14-7-8-15-11/h3-8H2,1-2H3. The molecule has 2 fully saturated rings. The Bertz CT molecular complexity index is 256. The first kappa shape index (κ1) is 11.6. The summed E-state index contributed by atoms with van der Waals surface area (Å²) >= 11 is 3.95. The Balaban J connectivity index is 2.21. The molecule has 86 valence electrons. The van der Waals surface area contributed by atoms with Gasteiger partial charge in [0.2, 0.25) is 0 Å². The molecule has 0 amide bonds. The van der Waals surface area contributed by atoms with Gasteiger partial charge in [-0.25, -0.2) is 0 Å². The van der Waals surface area contributed by atoms with Crippen molar-refractivity contribution >= 4 is 29.5 Å². The van der Waals surface area contributed by atoms with Crippen LogP contribution in [0.15, 0.2) is 0 Å². The molecule has 2 nitrogen and oxygen atoms in total. The van der Waals surface area contributed by atoms with Gasteiger partial charge in [-0.05, 0) is 33.1 Å². The van der Waals surface area contributed by atoms with Gasteiger partial charge in [-0.1, -0.05) is 0 Å².